The molecule has 39 heavy (non-hydrogen) atoms. The zero-order valence-electron chi connectivity index (χ0n) is 20.8. The molecule has 1 atom stereocenters. The van der Waals surface area contributed by atoms with Crippen LogP contribution in [-0.4, -0.2) is 50.7 Å². The minimum absolute atomic E-state index is 0.142. The van der Waals surface area contributed by atoms with Gasteiger partial charge in [-0.05, 0) is 47.5 Å². The van der Waals surface area contributed by atoms with Crippen molar-refractivity contribution in [2.75, 3.05) is 17.7 Å². The van der Waals surface area contributed by atoms with Crippen LogP contribution in [0.3, 0.4) is 0 Å². The summed E-state index contributed by atoms with van der Waals surface area (Å²) in [5.41, 5.74) is 2.64. The third kappa shape index (κ3) is 5.86. The smallest absolute Gasteiger partial charge is 0.258 e. The molecule has 5 rings (SSSR count). The van der Waals surface area contributed by atoms with Gasteiger partial charge in [0.15, 0.2) is 5.75 Å². The molecule has 196 valence electrons. The molecule has 1 unspecified atom stereocenters. The monoisotopic (exact) mass is 542 g/mol. The van der Waals surface area contributed by atoms with E-state index in [9.17, 15) is 14.4 Å². The Hall–Kier alpha value is -4.83. The lowest BCUT2D eigenvalue weighted by molar-refractivity contribution is -0.120. The number of hydrogen-bond donors (Lipinski definition) is 2. The zero-order chi connectivity index (χ0) is 27.4. The fraction of sp³-hybridized carbons (Fsp3) is 0.143. The van der Waals surface area contributed by atoms with Crippen molar-refractivity contribution < 1.29 is 19.1 Å². The first-order valence-electron chi connectivity index (χ1n) is 12.0. The van der Waals surface area contributed by atoms with Crippen molar-refractivity contribution in [1.29, 1.82) is 0 Å². The molecule has 1 aliphatic rings. The first kappa shape index (κ1) is 25.8. The number of nitrogens with one attached hydrogen (secondary N) is 2. The van der Waals surface area contributed by atoms with Crippen molar-refractivity contribution in [3.05, 3.63) is 107 Å². The number of carbonyl (C=O) groups excluding carboxylic acids is 3. The summed E-state index contributed by atoms with van der Waals surface area (Å²) in [6.07, 6.45) is 6.50. The summed E-state index contributed by atoms with van der Waals surface area (Å²) in [6, 6.07) is 14.4. The van der Waals surface area contributed by atoms with Crippen LogP contribution in [0.4, 0.5) is 11.6 Å². The Kier molecular flexibility index (Phi) is 7.46. The van der Waals surface area contributed by atoms with E-state index in [1.54, 1.807) is 60.9 Å². The molecule has 10 nitrogen and oxygen atoms in total. The SMILES string of the molecule is COc1cnc(NC(=O)c2ccc(CN3C(=O)c4ccc(Cl)cc4NC(=O)C3Cc3cccnc3)cc2)nc1. The van der Waals surface area contributed by atoms with Crippen LogP contribution in [0.1, 0.15) is 31.8 Å². The number of methoxy groups -OCH3 is 1. The third-order valence-electron chi connectivity index (χ3n) is 6.22. The summed E-state index contributed by atoms with van der Waals surface area (Å²) in [7, 11) is 1.50. The number of aromatic nitrogens is 3. The molecule has 11 heteroatoms. The van der Waals surface area contributed by atoms with Crippen molar-refractivity contribution in [1.82, 2.24) is 19.9 Å². The maximum Gasteiger partial charge on any atom is 0.258 e. The summed E-state index contributed by atoms with van der Waals surface area (Å²) < 4.78 is 5.02. The van der Waals surface area contributed by atoms with Crippen LogP contribution in [0.15, 0.2) is 79.4 Å². The van der Waals surface area contributed by atoms with Crippen LogP contribution in [0, 0.1) is 0 Å². The van der Waals surface area contributed by atoms with E-state index in [1.165, 1.54) is 24.4 Å². The van der Waals surface area contributed by atoms with Gasteiger partial charge >= 0.3 is 0 Å². The topological polar surface area (TPSA) is 126 Å². The van der Waals surface area contributed by atoms with Gasteiger partial charge < -0.3 is 15.0 Å². The molecule has 0 saturated carbocycles. The second kappa shape index (κ2) is 11.3. The number of nitrogens with zero attached hydrogens (tertiary/aromatic N) is 4. The first-order chi connectivity index (χ1) is 18.9. The molecular weight excluding hydrogens is 520 g/mol. The fourth-order valence-corrected chi connectivity index (χ4v) is 4.38. The van der Waals surface area contributed by atoms with Crippen LogP contribution in [0.5, 0.6) is 5.75 Å². The summed E-state index contributed by atoms with van der Waals surface area (Å²) in [5, 5.41) is 5.90. The predicted octanol–water partition coefficient (Wildman–Crippen LogP) is 3.99. The number of rotatable bonds is 7. The number of pyridine rings is 1. The fourth-order valence-electron chi connectivity index (χ4n) is 4.21. The van der Waals surface area contributed by atoms with Gasteiger partial charge in [0, 0.05) is 35.9 Å². The summed E-state index contributed by atoms with van der Waals surface area (Å²) in [4.78, 5) is 53.5. The van der Waals surface area contributed by atoms with E-state index in [2.05, 4.69) is 25.6 Å². The summed E-state index contributed by atoms with van der Waals surface area (Å²) in [6.45, 7) is 0.142. The molecule has 0 bridgehead atoms. The van der Waals surface area contributed by atoms with Gasteiger partial charge in [-0.25, -0.2) is 9.97 Å². The average molecular weight is 543 g/mol. The van der Waals surface area contributed by atoms with E-state index >= 15 is 0 Å². The Morgan fingerprint density at radius 1 is 1.05 bits per heavy atom. The second-order valence-corrected chi connectivity index (χ2v) is 9.23. The van der Waals surface area contributed by atoms with Crippen molar-refractivity contribution in [2.24, 2.45) is 0 Å². The van der Waals surface area contributed by atoms with E-state index in [0.29, 0.717) is 27.6 Å². The van der Waals surface area contributed by atoms with Gasteiger partial charge in [-0.2, -0.15) is 0 Å². The van der Waals surface area contributed by atoms with Crippen LogP contribution in [0.2, 0.25) is 5.02 Å². The van der Waals surface area contributed by atoms with E-state index < -0.39 is 11.9 Å². The summed E-state index contributed by atoms with van der Waals surface area (Å²) in [5.74, 6) is -0.419. The van der Waals surface area contributed by atoms with E-state index in [-0.39, 0.29) is 30.7 Å². The average Bonchev–Trinajstić information content (AvgIpc) is 3.04. The van der Waals surface area contributed by atoms with E-state index in [4.69, 9.17) is 16.3 Å². The molecule has 2 aromatic carbocycles. The molecular formula is C28H23ClN6O4. The molecule has 3 amide bonds. The number of amides is 3. The lowest BCUT2D eigenvalue weighted by atomic mass is 10.0. The number of fused-ring (bicyclic) bond motifs is 1. The molecule has 0 aliphatic carbocycles. The number of anilines is 2. The molecule has 1 aliphatic heterocycles. The summed E-state index contributed by atoms with van der Waals surface area (Å²) >= 11 is 6.13. The molecule has 4 aromatic rings. The van der Waals surface area contributed by atoms with E-state index in [1.807, 2.05) is 6.07 Å². The molecule has 2 aromatic heterocycles. The van der Waals surface area contributed by atoms with Crippen LogP contribution in [0.25, 0.3) is 0 Å². The Bertz CT molecular complexity index is 1510. The quantitative estimate of drug-likeness (QED) is 0.361. The molecule has 2 N–H and O–H groups in total. The zero-order valence-corrected chi connectivity index (χ0v) is 21.6. The van der Waals surface area contributed by atoms with Gasteiger partial charge in [-0.3, -0.25) is 24.7 Å². The molecule has 0 saturated heterocycles. The molecule has 0 spiro atoms. The van der Waals surface area contributed by atoms with Gasteiger partial charge in [0.25, 0.3) is 11.8 Å². The Balaban J connectivity index is 1.39. The third-order valence-corrected chi connectivity index (χ3v) is 6.45. The number of benzene rings is 2. The van der Waals surface area contributed by atoms with Crippen LogP contribution in [-0.2, 0) is 17.8 Å². The minimum Gasteiger partial charge on any atom is -0.494 e. The first-order valence-corrected chi connectivity index (χ1v) is 12.4. The Morgan fingerprint density at radius 3 is 2.51 bits per heavy atom. The highest BCUT2D eigenvalue weighted by molar-refractivity contribution is 6.31. The number of halogens is 1. The standard InChI is InChI=1S/C28H23ClN6O4/c1-39-21-14-31-28(32-15-21)34-25(36)19-6-4-17(5-7-19)16-35-24(11-18-3-2-10-30-13-18)26(37)33-23-12-20(29)8-9-22(23)27(35)38/h2-10,12-15,24H,11,16H2,1H3,(H,33,37)(H,31,32,34,36). The largest absolute Gasteiger partial charge is 0.494 e. The highest BCUT2D eigenvalue weighted by atomic mass is 35.5. The second-order valence-electron chi connectivity index (χ2n) is 8.79. The molecule has 3 heterocycles. The van der Waals surface area contributed by atoms with Gasteiger partial charge in [0.1, 0.15) is 6.04 Å². The molecule has 0 fully saturated rings. The lowest BCUT2D eigenvalue weighted by Crippen LogP contribution is -2.46. The van der Waals surface area contributed by atoms with Crippen molar-refractivity contribution >= 4 is 41.0 Å². The highest BCUT2D eigenvalue weighted by Crippen LogP contribution is 2.29. The maximum atomic E-state index is 13.7. The van der Waals surface area contributed by atoms with Gasteiger partial charge in [0.05, 0.1) is 30.8 Å². The molecule has 0 radical (unpaired) electrons. The van der Waals surface area contributed by atoms with Gasteiger partial charge in [-0.1, -0.05) is 29.8 Å². The van der Waals surface area contributed by atoms with Crippen LogP contribution >= 0.6 is 11.6 Å². The van der Waals surface area contributed by atoms with Crippen molar-refractivity contribution in [2.45, 2.75) is 19.0 Å². The Labute approximate surface area is 229 Å². The minimum atomic E-state index is -0.803. The van der Waals surface area contributed by atoms with E-state index in [0.717, 1.165) is 11.1 Å². The number of ether oxygens (including phenoxy) is 1. The lowest BCUT2D eigenvalue weighted by Gasteiger charge is -2.29. The number of hydrogen-bond acceptors (Lipinski definition) is 7. The van der Waals surface area contributed by atoms with Crippen LogP contribution < -0.4 is 15.4 Å². The van der Waals surface area contributed by atoms with Gasteiger partial charge in [-0.15, -0.1) is 0 Å². The number of carbonyl (C=O) groups is 3. The maximum absolute atomic E-state index is 13.7. The van der Waals surface area contributed by atoms with Crippen molar-refractivity contribution in [3.63, 3.8) is 0 Å². The predicted molar refractivity (Wildman–Crippen MR) is 145 cm³/mol. The normalized spacial score (nSPS) is 14.7. The highest BCUT2D eigenvalue weighted by Gasteiger charge is 2.35. The van der Waals surface area contributed by atoms with Crippen molar-refractivity contribution in [3.8, 4) is 5.75 Å². The van der Waals surface area contributed by atoms with Gasteiger partial charge in [0.2, 0.25) is 11.9 Å². The Morgan fingerprint density at radius 2 is 1.82 bits per heavy atom.